The molecule has 1 saturated heterocycles. The number of aryl methyl sites for hydroxylation is 2. The van der Waals surface area contributed by atoms with E-state index in [4.69, 9.17) is 0 Å². The van der Waals surface area contributed by atoms with Gasteiger partial charge in [-0.25, -0.2) is 4.98 Å². The minimum atomic E-state index is 0.171. The molecule has 25 heavy (non-hydrogen) atoms. The fraction of sp³-hybridized carbons (Fsp3) is 0.450. The summed E-state index contributed by atoms with van der Waals surface area (Å²) in [6, 6.07) is 6.61. The summed E-state index contributed by atoms with van der Waals surface area (Å²) in [7, 11) is 0. The van der Waals surface area contributed by atoms with E-state index in [9.17, 15) is 4.79 Å². The van der Waals surface area contributed by atoms with Crippen LogP contribution in [0.2, 0.25) is 0 Å². The number of piperazine rings is 1. The number of hydrogen-bond donors (Lipinski definition) is 0. The summed E-state index contributed by atoms with van der Waals surface area (Å²) in [6.07, 6.45) is 6.17. The molecule has 2 fully saturated rings. The Morgan fingerprint density at radius 3 is 2.56 bits per heavy atom. The molecule has 0 bridgehead atoms. The Morgan fingerprint density at radius 2 is 1.88 bits per heavy atom. The van der Waals surface area contributed by atoms with Gasteiger partial charge in [-0.1, -0.05) is 18.2 Å². The van der Waals surface area contributed by atoms with Gasteiger partial charge >= 0.3 is 0 Å². The van der Waals surface area contributed by atoms with Crippen molar-refractivity contribution in [3.8, 4) is 0 Å². The molecule has 0 radical (unpaired) electrons. The number of carbonyl (C=O) groups excluding carboxylic acids is 1. The summed E-state index contributed by atoms with van der Waals surface area (Å²) in [6.45, 7) is 7.46. The van der Waals surface area contributed by atoms with Crippen molar-refractivity contribution in [1.82, 2.24) is 14.9 Å². The second kappa shape index (κ2) is 6.47. The third-order valence-corrected chi connectivity index (χ3v) is 5.53. The maximum Gasteiger partial charge on any atom is 0.226 e. The van der Waals surface area contributed by atoms with Crippen molar-refractivity contribution in [3.63, 3.8) is 0 Å². The molecule has 130 valence electrons. The highest BCUT2D eigenvalue weighted by Gasteiger charge is 2.46. The van der Waals surface area contributed by atoms with Crippen molar-refractivity contribution in [1.29, 1.82) is 0 Å². The number of benzene rings is 1. The minimum absolute atomic E-state index is 0.171. The number of aromatic nitrogens is 2. The smallest absolute Gasteiger partial charge is 0.226 e. The van der Waals surface area contributed by atoms with E-state index in [0.717, 1.165) is 38.4 Å². The predicted octanol–water partition coefficient (Wildman–Crippen LogP) is 2.55. The quantitative estimate of drug-likeness (QED) is 0.864. The van der Waals surface area contributed by atoms with Crippen molar-refractivity contribution in [2.45, 2.75) is 26.2 Å². The van der Waals surface area contributed by atoms with Crippen LogP contribution in [0.15, 0.2) is 36.8 Å². The first kappa shape index (κ1) is 16.1. The first-order valence-corrected chi connectivity index (χ1v) is 9.00. The van der Waals surface area contributed by atoms with Gasteiger partial charge in [-0.05, 0) is 42.9 Å². The van der Waals surface area contributed by atoms with Gasteiger partial charge in [0.2, 0.25) is 5.91 Å². The monoisotopic (exact) mass is 336 g/mol. The Hall–Kier alpha value is -2.43. The van der Waals surface area contributed by atoms with Crippen LogP contribution in [0.25, 0.3) is 0 Å². The van der Waals surface area contributed by atoms with E-state index in [-0.39, 0.29) is 5.92 Å². The maximum absolute atomic E-state index is 12.8. The van der Waals surface area contributed by atoms with Crippen LogP contribution >= 0.6 is 0 Å². The predicted molar refractivity (Wildman–Crippen MR) is 97.6 cm³/mol. The molecule has 1 aliphatic carbocycles. The van der Waals surface area contributed by atoms with Gasteiger partial charge in [-0.15, -0.1) is 0 Å². The number of nitrogens with zero attached hydrogens (tertiary/aromatic N) is 4. The van der Waals surface area contributed by atoms with Crippen LogP contribution < -0.4 is 4.90 Å². The fourth-order valence-corrected chi connectivity index (χ4v) is 3.68. The average Bonchev–Trinajstić information content (AvgIpc) is 3.45. The SMILES string of the molecule is Cc1ccc(C2CC2C(=O)N2CCN(c3cnccn3)CC2)cc1C. The Kier molecular flexibility index (Phi) is 4.15. The molecule has 2 unspecified atom stereocenters. The molecular weight excluding hydrogens is 312 g/mol. The number of carbonyl (C=O) groups is 1. The van der Waals surface area contributed by atoms with Crippen LogP contribution in [0.3, 0.4) is 0 Å². The third kappa shape index (κ3) is 3.23. The fourth-order valence-electron chi connectivity index (χ4n) is 3.68. The molecule has 1 aromatic heterocycles. The normalized spacial score (nSPS) is 22.8. The lowest BCUT2D eigenvalue weighted by molar-refractivity contribution is -0.133. The van der Waals surface area contributed by atoms with Crippen molar-refractivity contribution >= 4 is 11.7 Å². The van der Waals surface area contributed by atoms with Crippen LogP contribution in [0.4, 0.5) is 5.82 Å². The van der Waals surface area contributed by atoms with Gasteiger partial charge in [0.05, 0.1) is 6.20 Å². The third-order valence-electron chi connectivity index (χ3n) is 5.53. The van der Waals surface area contributed by atoms with Crippen LogP contribution in [0.1, 0.15) is 29.0 Å². The second-order valence-corrected chi connectivity index (χ2v) is 7.17. The largest absolute Gasteiger partial charge is 0.352 e. The zero-order valence-corrected chi connectivity index (χ0v) is 14.9. The number of anilines is 1. The summed E-state index contributed by atoms with van der Waals surface area (Å²) in [4.78, 5) is 25.5. The summed E-state index contributed by atoms with van der Waals surface area (Å²) in [5, 5.41) is 0. The molecule has 4 rings (SSSR count). The van der Waals surface area contributed by atoms with E-state index in [1.807, 2.05) is 4.90 Å². The van der Waals surface area contributed by atoms with E-state index in [0.29, 0.717) is 11.8 Å². The molecule has 1 saturated carbocycles. The van der Waals surface area contributed by atoms with Crippen LogP contribution in [0.5, 0.6) is 0 Å². The van der Waals surface area contributed by atoms with E-state index in [1.165, 1.54) is 16.7 Å². The first-order valence-electron chi connectivity index (χ1n) is 9.00. The Labute approximate surface area is 148 Å². The molecule has 1 aromatic carbocycles. The van der Waals surface area contributed by atoms with Crippen LogP contribution in [-0.4, -0.2) is 47.0 Å². The molecule has 5 heteroatoms. The van der Waals surface area contributed by atoms with E-state index < -0.39 is 0 Å². The Balaban J connectivity index is 1.35. The molecule has 2 aromatic rings. The number of rotatable bonds is 3. The number of amides is 1. The zero-order chi connectivity index (χ0) is 17.4. The Morgan fingerprint density at radius 1 is 1.08 bits per heavy atom. The first-order chi connectivity index (χ1) is 12.1. The molecule has 0 spiro atoms. The zero-order valence-electron chi connectivity index (χ0n) is 14.9. The average molecular weight is 336 g/mol. The highest BCUT2D eigenvalue weighted by molar-refractivity contribution is 5.83. The van der Waals surface area contributed by atoms with E-state index in [1.54, 1.807) is 18.6 Å². The van der Waals surface area contributed by atoms with Gasteiger partial charge < -0.3 is 9.80 Å². The minimum Gasteiger partial charge on any atom is -0.352 e. The summed E-state index contributed by atoms with van der Waals surface area (Å²) < 4.78 is 0. The topological polar surface area (TPSA) is 49.3 Å². The lowest BCUT2D eigenvalue weighted by atomic mass is 10.0. The second-order valence-electron chi connectivity index (χ2n) is 7.17. The standard InChI is InChI=1S/C20H24N4O/c1-14-3-4-16(11-15(14)2)17-12-18(17)20(25)24-9-7-23(8-10-24)19-13-21-5-6-22-19/h3-6,11,13,17-18H,7-10,12H2,1-2H3. The van der Waals surface area contributed by atoms with Gasteiger partial charge in [0, 0.05) is 44.5 Å². The molecular formula is C20H24N4O. The summed E-state index contributed by atoms with van der Waals surface area (Å²) in [5.74, 6) is 1.80. The van der Waals surface area contributed by atoms with Gasteiger partial charge in [0.15, 0.2) is 0 Å². The highest BCUT2D eigenvalue weighted by Crippen LogP contribution is 2.48. The van der Waals surface area contributed by atoms with E-state index >= 15 is 0 Å². The van der Waals surface area contributed by atoms with E-state index in [2.05, 4.69) is 46.9 Å². The molecule has 2 atom stereocenters. The van der Waals surface area contributed by atoms with Crippen LogP contribution in [0, 0.1) is 19.8 Å². The molecule has 1 aliphatic heterocycles. The van der Waals surface area contributed by atoms with Crippen LogP contribution in [-0.2, 0) is 4.79 Å². The molecule has 1 amide bonds. The molecule has 2 heterocycles. The number of hydrogen-bond acceptors (Lipinski definition) is 4. The molecule has 0 N–H and O–H groups in total. The van der Waals surface area contributed by atoms with Gasteiger partial charge in [0.1, 0.15) is 5.82 Å². The van der Waals surface area contributed by atoms with Gasteiger partial charge in [-0.3, -0.25) is 9.78 Å². The Bertz CT molecular complexity index is 769. The van der Waals surface area contributed by atoms with Gasteiger partial charge in [0.25, 0.3) is 0 Å². The summed E-state index contributed by atoms with van der Waals surface area (Å²) in [5.41, 5.74) is 3.94. The maximum atomic E-state index is 12.8. The lowest BCUT2D eigenvalue weighted by Crippen LogP contribution is -2.49. The summed E-state index contributed by atoms with van der Waals surface area (Å²) >= 11 is 0. The lowest BCUT2D eigenvalue weighted by Gasteiger charge is -2.35. The highest BCUT2D eigenvalue weighted by atomic mass is 16.2. The van der Waals surface area contributed by atoms with Crippen molar-refractivity contribution in [2.75, 3.05) is 31.1 Å². The molecule has 5 nitrogen and oxygen atoms in total. The van der Waals surface area contributed by atoms with Crippen molar-refractivity contribution in [2.24, 2.45) is 5.92 Å². The van der Waals surface area contributed by atoms with Crippen molar-refractivity contribution in [3.05, 3.63) is 53.5 Å². The van der Waals surface area contributed by atoms with Crippen molar-refractivity contribution < 1.29 is 4.79 Å². The molecule has 2 aliphatic rings. The van der Waals surface area contributed by atoms with Gasteiger partial charge in [-0.2, -0.15) is 0 Å².